The Morgan fingerprint density at radius 2 is 1.68 bits per heavy atom. The molecule has 2 amide bonds. The number of benzene rings is 2. The molecule has 1 atom stereocenters. The van der Waals surface area contributed by atoms with Gasteiger partial charge < -0.3 is 15.4 Å². The van der Waals surface area contributed by atoms with Gasteiger partial charge in [-0.3, -0.25) is 9.59 Å². The summed E-state index contributed by atoms with van der Waals surface area (Å²) >= 11 is 1.45. The van der Waals surface area contributed by atoms with Crippen molar-refractivity contribution in [3.8, 4) is 5.75 Å². The number of amides is 2. The summed E-state index contributed by atoms with van der Waals surface area (Å²) in [5, 5.41) is 9.16. The molecule has 0 bridgehead atoms. The quantitative estimate of drug-likeness (QED) is 0.392. The summed E-state index contributed by atoms with van der Waals surface area (Å²) in [6, 6.07) is 16.3. The minimum absolute atomic E-state index is 0.171. The molecule has 0 aliphatic heterocycles. The molecule has 0 spiro atoms. The Hall–Kier alpha value is -3.45. The molecule has 6 nitrogen and oxygen atoms in total. The van der Waals surface area contributed by atoms with Crippen LogP contribution < -0.4 is 15.4 Å². The molecule has 0 aliphatic rings. The Morgan fingerprint density at radius 1 is 0.968 bits per heavy atom. The SMILES string of the molecule is CC(C)CC(=O)NC(C(=O)Oc1ccc(NC(=O)c2ccsc2)cc1)c1ccccc1. The van der Waals surface area contributed by atoms with Crippen molar-refractivity contribution in [1.82, 2.24) is 5.32 Å². The van der Waals surface area contributed by atoms with Crippen molar-refractivity contribution < 1.29 is 19.1 Å². The number of rotatable bonds is 8. The Balaban J connectivity index is 1.67. The number of anilines is 1. The molecule has 7 heteroatoms. The summed E-state index contributed by atoms with van der Waals surface area (Å²) in [6.45, 7) is 3.88. The minimum Gasteiger partial charge on any atom is -0.425 e. The summed E-state index contributed by atoms with van der Waals surface area (Å²) in [4.78, 5) is 37.3. The topological polar surface area (TPSA) is 84.5 Å². The van der Waals surface area contributed by atoms with Gasteiger partial charge in [0.2, 0.25) is 5.91 Å². The van der Waals surface area contributed by atoms with E-state index in [0.29, 0.717) is 29.0 Å². The Kier molecular flexibility index (Phi) is 7.56. The summed E-state index contributed by atoms with van der Waals surface area (Å²) < 4.78 is 5.50. The van der Waals surface area contributed by atoms with Crippen LogP contribution in [0.3, 0.4) is 0 Å². The number of ether oxygens (including phenoxy) is 1. The molecule has 3 rings (SSSR count). The molecule has 1 aromatic heterocycles. The van der Waals surface area contributed by atoms with E-state index in [1.165, 1.54) is 11.3 Å². The largest absolute Gasteiger partial charge is 0.425 e. The third kappa shape index (κ3) is 6.52. The fourth-order valence-corrected chi connectivity index (χ4v) is 3.53. The molecule has 0 aliphatic carbocycles. The number of hydrogen-bond donors (Lipinski definition) is 2. The van der Waals surface area contributed by atoms with Crippen LogP contribution in [0.25, 0.3) is 0 Å². The predicted molar refractivity (Wildman–Crippen MR) is 121 cm³/mol. The van der Waals surface area contributed by atoms with Gasteiger partial charge in [0.05, 0.1) is 5.56 Å². The van der Waals surface area contributed by atoms with Gasteiger partial charge in [0.15, 0.2) is 6.04 Å². The first-order valence-electron chi connectivity index (χ1n) is 9.92. The van der Waals surface area contributed by atoms with Crippen LogP contribution in [0.1, 0.15) is 42.2 Å². The molecule has 160 valence electrons. The molecule has 2 N–H and O–H groups in total. The van der Waals surface area contributed by atoms with Crippen molar-refractivity contribution in [3.05, 3.63) is 82.6 Å². The van der Waals surface area contributed by atoms with E-state index in [2.05, 4.69) is 10.6 Å². The van der Waals surface area contributed by atoms with Gasteiger partial charge in [0.1, 0.15) is 5.75 Å². The predicted octanol–water partition coefficient (Wildman–Crippen LogP) is 4.81. The Bertz CT molecular complexity index is 1020. The molecular weight excluding hydrogens is 412 g/mol. The number of esters is 1. The maximum atomic E-state index is 12.8. The molecule has 3 aromatic rings. The normalized spacial score (nSPS) is 11.6. The lowest BCUT2D eigenvalue weighted by Crippen LogP contribution is -2.36. The van der Waals surface area contributed by atoms with Crippen LogP contribution in [0.2, 0.25) is 0 Å². The fourth-order valence-electron chi connectivity index (χ4n) is 2.89. The van der Waals surface area contributed by atoms with Crippen LogP contribution in [0.15, 0.2) is 71.4 Å². The van der Waals surface area contributed by atoms with E-state index in [9.17, 15) is 14.4 Å². The Morgan fingerprint density at radius 3 is 2.29 bits per heavy atom. The number of thiophene rings is 1. The highest BCUT2D eigenvalue weighted by molar-refractivity contribution is 7.08. The average Bonchev–Trinajstić information content (AvgIpc) is 3.28. The second kappa shape index (κ2) is 10.5. The van der Waals surface area contributed by atoms with Crippen LogP contribution in [0.5, 0.6) is 5.75 Å². The van der Waals surface area contributed by atoms with Gasteiger partial charge in [-0.25, -0.2) is 4.79 Å². The first kappa shape index (κ1) is 22.2. The lowest BCUT2D eigenvalue weighted by atomic mass is 10.1. The molecule has 2 aromatic carbocycles. The molecule has 0 saturated heterocycles. The van der Waals surface area contributed by atoms with Crippen molar-refractivity contribution >= 4 is 34.8 Å². The third-order valence-corrected chi connectivity index (χ3v) is 5.06. The lowest BCUT2D eigenvalue weighted by molar-refractivity contribution is -0.139. The van der Waals surface area contributed by atoms with Gasteiger partial charge in [0.25, 0.3) is 5.91 Å². The number of hydrogen-bond acceptors (Lipinski definition) is 5. The smallest absolute Gasteiger partial charge is 0.338 e. The first-order valence-corrected chi connectivity index (χ1v) is 10.9. The molecule has 0 radical (unpaired) electrons. The van der Waals surface area contributed by atoms with Crippen LogP contribution in [-0.4, -0.2) is 17.8 Å². The lowest BCUT2D eigenvalue weighted by Gasteiger charge is -2.18. The second-order valence-electron chi connectivity index (χ2n) is 7.42. The molecule has 31 heavy (non-hydrogen) atoms. The summed E-state index contributed by atoms with van der Waals surface area (Å²) in [6.07, 6.45) is 0.315. The highest BCUT2D eigenvalue weighted by Gasteiger charge is 2.25. The van der Waals surface area contributed by atoms with Crippen molar-refractivity contribution in [3.63, 3.8) is 0 Å². The maximum Gasteiger partial charge on any atom is 0.338 e. The van der Waals surface area contributed by atoms with Crippen molar-refractivity contribution in [2.24, 2.45) is 5.92 Å². The molecule has 0 fully saturated rings. The van der Waals surface area contributed by atoms with Gasteiger partial charge in [-0.1, -0.05) is 44.2 Å². The van der Waals surface area contributed by atoms with E-state index in [4.69, 9.17) is 4.74 Å². The second-order valence-corrected chi connectivity index (χ2v) is 8.20. The minimum atomic E-state index is -0.912. The van der Waals surface area contributed by atoms with Crippen molar-refractivity contribution in [2.45, 2.75) is 26.3 Å². The summed E-state index contributed by atoms with van der Waals surface area (Å²) in [5.74, 6) is -0.518. The van der Waals surface area contributed by atoms with E-state index < -0.39 is 12.0 Å². The molecule has 1 heterocycles. The van der Waals surface area contributed by atoms with Crippen LogP contribution in [0, 0.1) is 5.92 Å². The maximum absolute atomic E-state index is 12.8. The third-order valence-electron chi connectivity index (χ3n) is 4.38. The highest BCUT2D eigenvalue weighted by atomic mass is 32.1. The van der Waals surface area contributed by atoms with E-state index in [-0.39, 0.29) is 17.7 Å². The van der Waals surface area contributed by atoms with Crippen LogP contribution in [0.4, 0.5) is 5.69 Å². The zero-order chi connectivity index (χ0) is 22.2. The van der Waals surface area contributed by atoms with Crippen LogP contribution in [-0.2, 0) is 9.59 Å². The van der Waals surface area contributed by atoms with Gasteiger partial charge in [-0.2, -0.15) is 11.3 Å². The molecule has 0 saturated carbocycles. The monoisotopic (exact) mass is 436 g/mol. The van der Waals surface area contributed by atoms with Gasteiger partial charge in [0, 0.05) is 17.5 Å². The Labute approximate surface area is 185 Å². The first-order chi connectivity index (χ1) is 14.9. The number of nitrogens with one attached hydrogen (secondary N) is 2. The highest BCUT2D eigenvalue weighted by Crippen LogP contribution is 2.21. The van der Waals surface area contributed by atoms with E-state index in [1.54, 1.807) is 60.0 Å². The van der Waals surface area contributed by atoms with Gasteiger partial charge in [-0.05, 0) is 47.2 Å². The standard InChI is InChI=1S/C24H24N2O4S/c1-16(2)14-21(27)26-22(17-6-4-3-5-7-17)24(29)30-20-10-8-19(9-11-20)25-23(28)18-12-13-31-15-18/h3-13,15-16,22H,14H2,1-2H3,(H,25,28)(H,26,27). The van der Waals surface area contributed by atoms with Crippen molar-refractivity contribution in [2.75, 3.05) is 5.32 Å². The van der Waals surface area contributed by atoms with E-state index in [1.807, 2.05) is 25.3 Å². The van der Waals surface area contributed by atoms with Crippen LogP contribution >= 0.6 is 11.3 Å². The zero-order valence-electron chi connectivity index (χ0n) is 17.3. The van der Waals surface area contributed by atoms with Crippen molar-refractivity contribution in [1.29, 1.82) is 0 Å². The summed E-state index contributed by atoms with van der Waals surface area (Å²) in [5.41, 5.74) is 1.81. The number of carbonyl (C=O) groups is 3. The van der Waals surface area contributed by atoms with E-state index in [0.717, 1.165) is 0 Å². The average molecular weight is 437 g/mol. The van der Waals surface area contributed by atoms with E-state index >= 15 is 0 Å². The fraction of sp³-hybridized carbons (Fsp3) is 0.208. The molecule has 1 unspecified atom stereocenters. The van der Waals surface area contributed by atoms with Gasteiger partial charge >= 0.3 is 5.97 Å². The zero-order valence-corrected chi connectivity index (χ0v) is 18.1. The summed E-state index contributed by atoms with van der Waals surface area (Å²) in [7, 11) is 0. The van der Waals surface area contributed by atoms with Gasteiger partial charge in [-0.15, -0.1) is 0 Å². The number of carbonyl (C=O) groups excluding carboxylic acids is 3. The molecular formula is C24H24N2O4S.